The molecule has 3 aromatic carbocycles. The number of ether oxygens (including phenoxy) is 7. The highest BCUT2D eigenvalue weighted by Gasteiger charge is 2.60. The van der Waals surface area contributed by atoms with Gasteiger partial charge in [0.2, 0.25) is 12.0 Å². The maximum Gasteiger partial charge on any atom is 0.317 e. The number of carbonyl (C=O) groups excluding carboxylic acids is 1. The number of allylic oxidation sites excluding steroid dienone is 1. The third kappa shape index (κ3) is 7.73. The minimum Gasteiger partial charge on any atom is -0.489 e. The second-order valence-corrected chi connectivity index (χ2v) is 16.3. The van der Waals surface area contributed by atoms with Crippen LogP contribution in [0.5, 0.6) is 28.7 Å². The molecule has 1 fully saturated rings. The van der Waals surface area contributed by atoms with Crippen LogP contribution in [0.25, 0.3) is 0 Å². The van der Waals surface area contributed by atoms with E-state index < -0.39 is 85.8 Å². The number of fused-ring (bicyclic) bond motifs is 8. The molecule has 63 heavy (non-hydrogen) atoms. The number of aliphatic hydroxyl groups is 5. The number of rotatable bonds is 14. The minimum atomic E-state index is -2.24. The van der Waals surface area contributed by atoms with Crippen molar-refractivity contribution in [2.45, 2.75) is 92.8 Å². The van der Waals surface area contributed by atoms with Crippen LogP contribution in [0.1, 0.15) is 52.7 Å². The van der Waals surface area contributed by atoms with Gasteiger partial charge in [0.1, 0.15) is 55.0 Å². The molecule has 0 saturated carbocycles. The number of aliphatic carboxylic acids is 1. The van der Waals surface area contributed by atoms with Gasteiger partial charge in [0.05, 0.1) is 24.4 Å². The number of hydrogen-bond donors (Lipinski definition) is 8. The Balaban J connectivity index is 1.16. The topological polar surface area (TPSA) is 288 Å². The van der Waals surface area contributed by atoms with E-state index in [0.29, 0.717) is 35.6 Å². The molecule has 0 radical (unpaired) electrons. The molecule has 19 heteroatoms. The summed E-state index contributed by atoms with van der Waals surface area (Å²) in [6.45, 7) is -0.184. The van der Waals surface area contributed by atoms with Crippen LogP contribution in [0.2, 0.25) is 0 Å². The Morgan fingerprint density at radius 2 is 1.84 bits per heavy atom. The first-order valence-corrected chi connectivity index (χ1v) is 20.6. The van der Waals surface area contributed by atoms with E-state index in [-0.39, 0.29) is 49.8 Å². The molecule has 9 atom stereocenters. The predicted molar refractivity (Wildman–Crippen MR) is 218 cm³/mol. The second kappa shape index (κ2) is 17.1. The van der Waals surface area contributed by atoms with Crippen LogP contribution < -0.4 is 35.2 Å². The maximum absolute atomic E-state index is 12.5. The normalized spacial score (nSPS) is 27.7. The van der Waals surface area contributed by atoms with E-state index in [0.717, 1.165) is 28.0 Å². The van der Waals surface area contributed by atoms with Crippen LogP contribution in [0.15, 0.2) is 77.1 Å². The summed E-state index contributed by atoms with van der Waals surface area (Å²) < 4.78 is 43.6. The Labute approximate surface area is 360 Å². The molecule has 3 aromatic rings. The molecule has 6 aliphatic rings. The fraction of sp³-hybridized carbons (Fsp3) is 0.432. The van der Waals surface area contributed by atoms with Gasteiger partial charge in [0.15, 0.2) is 30.0 Å². The Morgan fingerprint density at radius 1 is 1.03 bits per heavy atom. The Kier molecular flexibility index (Phi) is 11.5. The second-order valence-electron chi connectivity index (χ2n) is 16.3. The molecule has 334 valence electrons. The highest BCUT2D eigenvalue weighted by atomic mass is 16.7. The summed E-state index contributed by atoms with van der Waals surface area (Å²) in [5.41, 5.74) is 15.3. The Hall–Kier alpha value is -5.77. The number of nitrogens with zero attached hydrogens (tertiary/aromatic N) is 2. The van der Waals surface area contributed by atoms with Crippen LogP contribution >= 0.6 is 0 Å². The molecular formula is C44H48N4O15. The molecule has 1 saturated heterocycles. The summed E-state index contributed by atoms with van der Waals surface area (Å²) in [5, 5.41) is 64.0. The molecule has 9 rings (SSSR count). The van der Waals surface area contributed by atoms with Crippen LogP contribution in [0, 0.1) is 0 Å². The lowest BCUT2D eigenvalue weighted by Gasteiger charge is -2.48. The van der Waals surface area contributed by atoms with E-state index in [9.17, 15) is 35.1 Å². The van der Waals surface area contributed by atoms with Crippen molar-refractivity contribution in [1.29, 1.82) is 0 Å². The lowest BCUT2D eigenvalue weighted by Crippen LogP contribution is -2.71. The summed E-state index contributed by atoms with van der Waals surface area (Å²) in [5.74, 6) is -1.70. The number of carboxylic acid groups (broad SMARTS) is 1. The number of hydrogen-bond acceptors (Lipinski definition) is 18. The standard InChI is InChI=1S/C44H48N4O15/c45-42(46)40(61-32(53)16-31(51)52)39-35(54)41(55)44(56)10-8-23-25(18-48-17-22-9-11-47-26(22)19-48)34-30(15-28(23)60-43(44)63-39)59-29(14-21-4-2-1-3-5-21)33-24-6-7-27(58-20-50)37(57-13-12-49)36(24)62-38(33)34/h1-7,9,11,15,19,29,33,35,38-43,49-50,54-56H,8,10,12-14,16-18,20,45-46H2,(H,51,52). The quantitative estimate of drug-likeness (QED) is 0.0618. The summed E-state index contributed by atoms with van der Waals surface area (Å²) in [7, 11) is 0. The number of nitrogens with two attached hydrogens (primary N) is 2. The largest absolute Gasteiger partial charge is 0.489 e. The molecule has 10 N–H and O–H groups in total. The summed E-state index contributed by atoms with van der Waals surface area (Å²) in [4.78, 5) is 30.3. The molecule has 6 aliphatic heterocycles. The Morgan fingerprint density at radius 3 is 2.57 bits per heavy atom. The summed E-state index contributed by atoms with van der Waals surface area (Å²) >= 11 is 0. The van der Waals surface area contributed by atoms with Gasteiger partial charge in [-0.25, -0.2) is 0 Å². The van der Waals surface area contributed by atoms with Gasteiger partial charge in [0.25, 0.3) is 0 Å². The maximum atomic E-state index is 12.5. The number of aliphatic hydroxyl groups excluding tert-OH is 4. The highest BCUT2D eigenvalue weighted by Crippen LogP contribution is 2.60. The van der Waals surface area contributed by atoms with Crippen LogP contribution in [0.4, 0.5) is 0 Å². The zero-order chi connectivity index (χ0) is 44.2. The first-order valence-electron chi connectivity index (χ1n) is 20.6. The summed E-state index contributed by atoms with van der Waals surface area (Å²) in [6, 6.07) is 15.0. The SMILES string of the molecule is NC(N)C(OC(=O)CC(=O)O)C1OC2Oc3cc4c(c(CN5C=C6N=CC=C6C5)c3CCC2(O)C(O)C1O)C1Oc2c(ccc(OCO)c2OCCO)C1C(Cc1ccccc1)O4. The number of aliphatic imine (C=N–C) groups is 1. The summed E-state index contributed by atoms with van der Waals surface area (Å²) in [6.07, 6.45) is -6.67. The fourth-order valence-electron chi connectivity index (χ4n) is 9.49. The monoisotopic (exact) mass is 872 g/mol. The van der Waals surface area contributed by atoms with Crippen LogP contribution in [-0.2, 0) is 38.4 Å². The average Bonchev–Trinajstić information content (AvgIpc) is 3.94. The lowest BCUT2D eigenvalue weighted by molar-refractivity contribution is -0.329. The Bertz CT molecular complexity index is 2360. The van der Waals surface area contributed by atoms with Gasteiger partial charge in [0, 0.05) is 60.3 Å². The molecule has 0 spiro atoms. The van der Waals surface area contributed by atoms with Crippen molar-refractivity contribution in [3.8, 4) is 28.7 Å². The van der Waals surface area contributed by atoms with Crippen molar-refractivity contribution < 1.29 is 73.4 Å². The van der Waals surface area contributed by atoms with Crippen molar-refractivity contribution in [3.63, 3.8) is 0 Å². The van der Waals surface area contributed by atoms with E-state index in [1.54, 1.807) is 18.3 Å². The van der Waals surface area contributed by atoms with Crippen molar-refractivity contribution in [2.24, 2.45) is 16.5 Å². The minimum absolute atomic E-state index is 0.0776. The number of carboxylic acids is 1. The molecule has 19 nitrogen and oxygen atoms in total. The van der Waals surface area contributed by atoms with Gasteiger partial charge < -0.3 is 80.2 Å². The molecule has 6 heterocycles. The third-order valence-electron chi connectivity index (χ3n) is 12.3. The molecule has 0 aliphatic carbocycles. The van der Waals surface area contributed by atoms with E-state index in [1.807, 2.05) is 48.7 Å². The molecule has 0 amide bonds. The third-order valence-corrected chi connectivity index (χ3v) is 12.3. The van der Waals surface area contributed by atoms with E-state index >= 15 is 0 Å². The smallest absolute Gasteiger partial charge is 0.317 e. The zero-order valence-corrected chi connectivity index (χ0v) is 33.8. The van der Waals surface area contributed by atoms with Crippen molar-refractivity contribution >= 4 is 18.2 Å². The van der Waals surface area contributed by atoms with Crippen molar-refractivity contribution in [3.05, 3.63) is 99.9 Å². The molecule has 9 unspecified atom stereocenters. The predicted octanol–water partition coefficient (Wildman–Crippen LogP) is 0.408. The van der Waals surface area contributed by atoms with Gasteiger partial charge in [-0.15, -0.1) is 0 Å². The van der Waals surface area contributed by atoms with Gasteiger partial charge in [-0.1, -0.05) is 36.4 Å². The van der Waals surface area contributed by atoms with E-state index in [1.165, 1.54) is 0 Å². The molecule has 0 bridgehead atoms. The number of benzene rings is 3. The lowest BCUT2D eigenvalue weighted by atomic mass is 9.78. The van der Waals surface area contributed by atoms with E-state index in [4.69, 9.17) is 49.7 Å². The van der Waals surface area contributed by atoms with E-state index in [2.05, 4.69) is 9.89 Å². The zero-order valence-electron chi connectivity index (χ0n) is 33.8. The molecule has 0 aromatic heterocycles. The van der Waals surface area contributed by atoms with Gasteiger partial charge in [-0.05, 0) is 36.1 Å². The van der Waals surface area contributed by atoms with Crippen molar-refractivity contribution in [2.75, 3.05) is 26.6 Å². The first kappa shape index (κ1) is 42.5. The fourth-order valence-corrected chi connectivity index (χ4v) is 9.49. The highest BCUT2D eigenvalue weighted by molar-refractivity contribution is 5.90. The number of esters is 1. The van der Waals surface area contributed by atoms with Gasteiger partial charge in [-0.3, -0.25) is 14.6 Å². The van der Waals surface area contributed by atoms with Gasteiger partial charge in [-0.2, -0.15) is 0 Å². The van der Waals surface area contributed by atoms with Crippen LogP contribution in [0.3, 0.4) is 0 Å². The van der Waals surface area contributed by atoms with Crippen LogP contribution in [-0.4, -0.2) is 129 Å². The van der Waals surface area contributed by atoms with Crippen molar-refractivity contribution in [1.82, 2.24) is 4.90 Å². The number of carbonyl (C=O) groups is 2. The van der Waals surface area contributed by atoms with Gasteiger partial charge >= 0.3 is 11.9 Å². The first-order chi connectivity index (χ1) is 30.4. The average molecular weight is 873 g/mol. The molecular weight excluding hydrogens is 824 g/mol.